The van der Waals surface area contributed by atoms with Gasteiger partial charge in [0.15, 0.2) is 37.2 Å². The van der Waals surface area contributed by atoms with Gasteiger partial charge in [0.05, 0.1) is 51.3 Å². The van der Waals surface area contributed by atoms with Gasteiger partial charge in [0.2, 0.25) is 0 Å². The monoisotopic (exact) mass is 1190 g/mol. The van der Waals surface area contributed by atoms with Crippen LogP contribution in [0, 0.1) is 52.3 Å². The van der Waals surface area contributed by atoms with Crippen molar-refractivity contribution in [3.8, 4) is 0 Å². The van der Waals surface area contributed by atoms with Crippen LogP contribution >= 0.6 is 0 Å². The highest BCUT2D eigenvalue weighted by molar-refractivity contribution is 5.87. The summed E-state index contributed by atoms with van der Waals surface area (Å²) in [4.78, 5) is 14.7. The molecular formula is C56H90O27. The molecule has 0 bridgehead atoms. The van der Waals surface area contributed by atoms with Crippen molar-refractivity contribution in [1.82, 2.24) is 0 Å². The molecule has 0 aromatic carbocycles. The van der Waals surface area contributed by atoms with Crippen molar-refractivity contribution in [2.24, 2.45) is 52.3 Å². The molecule has 7 heterocycles. The van der Waals surface area contributed by atoms with E-state index >= 15 is 0 Å². The number of carbonyl (C=O) groups excluding carboxylic acids is 1. The van der Waals surface area contributed by atoms with Crippen LogP contribution in [0.15, 0.2) is 0 Å². The van der Waals surface area contributed by atoms with Crippen LogP contribution in [0.4, 0.5) is 0 Å². The Balaban J connectivity index is 0.732. The van der Waals surface area contributed by atoms with E-state index in [1.807, 2.05) is 0 Å². The highest BCUT2D eigenvalue weighted by Crippen LogP contribution is 2.70. The van der Waals surface area contributed by atoms with Crippen molar-refractivity contribution in [1.29, 1.82) is 0 Å². The van der Waals surface area contributed by atoms with E-state index < -0.39 is 191 Å². The maximum Gasteiger partial charge on any atom is 0.187 e. The first kappa shape index (κ1) is 63.2. The Labute approximate surface area is 480 Å². The zero-order valence-corrected chi connectivity index (χ0v) is 47.5. The lowest BCUT2D eigenvalue weighted by atomic mass is 9.44. The highest BCUT2D eigenvalue weighted by atomic mass is 16.8. The van der Waals surface area contributed by atoms with Crippen LogP contribution in [0.3, 0.4) is 0 Å². The number of ether oxygens (including phenoxy) is 12. The molecule has 1 spiro atoms. The number of aliphatic hydroxyl groups is 14. The van der Waals surface area contributed by atoms with Gasteiger partial charge < -0.3 is 128 Å². The van der Waals surface area contributed by atoms with Gasteiger partial charge in [-0.25, -0.2) is 0 Å². The van der Waals surface area contributed by atoms with Crippen molar-refractivity contribution < 1.29 is 133 Å². The quantitative estimate of drug-likeness (QED) is 0.0777. The Morgan fingerprint density at radius 3 is 1.75 bits per heavy atom. The number of ketones is 1. The number of hydrogen-bond donors (Lipinski definition) is 14. The lowest BCUT2D eigenvalue weighted by Crippen LogP contribution is -2.68. The van der Waals surface area contributed by atoms with E-state index in [4.69, 9.17) is 56.8 Å². The Morgan fingerprint density at radius 2 is 1.11 bits per heavy atom. The molecular weight excluding hydrogens is 1100 g/mol. The summed E-state index contributed by atoms with van der Waals surface area (Å²) in [6.07, 6.45) is -35.7. The molecule has 4 aliphatic carbocycles. The first-order valence-corrected chi connectivity index (χ1v) is 30.1. The number of carbonyl (C=O) groups is 1. The fourth-order valence-electron chi connectivity index (χ4n) is 17.0. The average molecular weight is 1200 g/mol. The molecule has 4 saturated carbocycles. The van der Waals surface area contributed by atoms with E-state index in [-0.39, 0.29) is 41.1 Å². The third kappa shape index (κ3) is 10.9. The zero-order chi connectivity index (χ0) is 59.5. The largest absolute Gasteiger partial charge is 0.394 e. The molecule has 27 heteroatoms. The van der Waals surface area contributed by atoms with Crippen LogP contribution in [0.5, 0.6) is 0 Å². The smallest absolute Gasteiger partial charge is 0.187 e. The molecule has 7 aliphatic heterocycles. The predicted molar refractivity (Wildman–Crippen MR) is 274 cm³/mol. The number of fused-ring (bicyclic) bond motifs is 7. The summed E-state index contributed by atoms with van der Waals surface area (Å²) in [5, 5.41) is 153. The molecule has 83 heavy (non-hydrogen) atoms. The van der Waals surface area contributed by atoms with Crippen LogP contribution in [0.25, 0.3) is 0 Å². The maximum absolute atomic E-state index is 14.7. The summed E-state index contributed by atoms with van der Waals surface area (Å²) in [7, 11) is 0. The highest BCUT2D eigenvalue weighted by Gasteiger charge is 2.72. The topological polar surface area (TPSA) is 411 Å². The summed E-state index contributed by atoms with van der Waals surface area (Å²) in [5.41, 5.74) is -0.636. The molecule has 27 nitrogen and oxygen atoms in total. The summed E-state index contributed by atoms with van der Waals surface area (Å²) >= 11 is 0. The van der Waals surface area contributed by atoms with Gasteiger partial charge in [0, 0.05) is 30.1 Å². The predicted octanol–water partition coefficient (Wildman–Crippen LogP) is -4.24. The number of rotatable bonds is 13. The van der Waals surface area contributed by atoms with Gasteiger partial charge in [0.25, 0.3) is 0 Å². The van der Waals surface area contributed by atoms with Gasteiger partial charge >= 0.3 is 0 Å². The molecule has 11 fully saturated rings. The van der Waals surface area contributed by atoms with E-state index in [1.54, 1.807) is 0 Å². The fraction of sp³-hybridized carbons (Fsp3) is 0.982. The minimum atomic E-state index is -2.10. The van der Waals surface area contributed by atoms with Crippen molar-refractivity contribution in [3.05, 3.63) is 0 Å². The summed E-state index contributed by atoms with van der Waals surface area (Å²) in [5.74, 6) is 1.36. The first-order valence-electron chi connectivity index (χ1n) is 30.1. The van der Waals surface area contributed by atoms with E-state index in [0.717, 1.165) is 38.5 Å². The summed E-state index contributed by atoms with van der Waals surface area (Å²) in [6, 6.07) is 0. The van der Waals surface area contributed by atoms with Gasteiger partial charge in [-0.3, -0.25) is 4.79 Å². The maximum atomic E-state index is 14.7. The molecule has 0 radical (unpaired) electrons. The van der Waals surface area contributed by atoms with Gasteiger partial charge in [-0.2, -0.15) is 0 Å². The molecule has 11 rings (SSSR count). The molecule has 36 atom stereocenters. The number of hydrogen-bond acceptors (Lipinski definition) is 27. The Bertz CT molecular complexity index is 2210. The molecule has 476 valence electrons. The minimum Gasteiger partial charge on any atom is -0.394 e. The van der Waals surface area contributed by atoms with Crippen LogP contribution in [-0.2, 0) is 61.6 Å². The zero-order valence-electron chi connectivity index (χ0n) is 47.5. The second-order valence-electron chi connectivity index (χ2n) is 26.5. The van der Waals surface area contributed by atoms with Gasteiger partial charge in [-0.05, 0) is 86.9 Å². The molecule has 11 aliphatic rings. The number of aliphatic hydroxyl groups excluding tert-OH is 14. The third-order valence-electron chi connectivity index (χ3n) is 21.9. The Kier molecular flexibility index (Phi) is 18.6. The SMILES string of the molecule is C[C@@H]1CC[C@@]2(OC1)O[C@H]1C[C@H]3[C@@H]4CC[C@H]5C[C@@H](O[C@@H]6O[C@H](CO)[C@H](O[C@@H]7O[C@H](CO)[C@@H](O[C@@H]8O[C@H](CO)[C@@H](O)[C@H](O[C@@H]9O[C@@H](C)[C@H](O)[C@@H](O)[C@H]9O)[C@H]8O[C@@H]8OC[C@@H](O)[C@H](O)[C@H]8O)[C@H](O)[C@H]7O)[C@H](O)[C@H]6O)CC[C@]5(C)[C@H]4CC(=O)[C@]3(C)[C@H]1[C@@H]2C. The average Bonchev–Trinajstić information content (AvgIpc) is 3.01. The summed E-state index contributed by atoms with van der Waals surface area (Å²) in [6.45, 7) is 7.71. The number of Topliss-reactive ketones (excluding diaryl/α,β-unsaturated/α-hetero) is 1. The van der Waals surface area contributed by atoms with Crippen molar-refractivity contribution in [3.63, 3.8) is 0 Å². The minimum absolute atomic E-state index is 0.0172. The van der Waals surface area contributed by atoms with E-state index in [1.165, 1.54) is 6.92 Å². The van der Waals surface area contributed by atoms with Gasteiger partial charge in [-0.15, -0.1) is 0 Å². The van der Waals surface area contributed by atoms with Crippen LogP contribution in [-0.4, -0.2) is 276 Å². The normalized spacial score (nSPS) is 57.4. The fourth-order valence-corrected chi connectivity index (χ4v) is 17.0. The molecule has 0 aromatic rings. The molecule has 0 unspecified atom stereocenters. The van der Waals surface area contributed by atoms with Crippen molar-refractivity contribution in [2.45, 2.75) is 258 Å². The third-order valence-corrected chi connectivity index (χ3v) is 21.9. The molecule has 14 N–H and O–H groups in total. The molecule has 7 saturated heterocycles. The standard InChI is InChI=1S/C56H90O27/c1-20-8-11-56(73-18-20)21(2)34-29(83-56)13-27-25-7-6-23-12-24(9-10-54(23,4)26(25)14-33(61)55(27,34)5)75-51-43(70)39(66)45(31(16-58)77-51)79-52-44(71)40(67)46(32(17-59)78-52)80-53-48(82-49-41(68)36(63)28(60)19-72-49)47(37(64)30(15-57)76-53)81-50-42(69)38(65)35(62)22(3)74-50/h20-32,34-53,57-60,62-71H,6-19H2,1-5H3/t20-,21+,22+,23+,24+,25-,26+,27+,28-,29+,30-,31-,32-,34+,35+,36+,37-,38-,39-,40-,41-,42-,43-,44-,45+,46-,47+,48-,49+,50+,51-,52+,53+,54+,55-,56-/m1/s1. The van der Waals surface area contributed by atoms with Crippen molar-refractivity contribution in [2.75, 3.05) is 33.0 Å². The first-order chi connectivity index (χ1) is 39.4. The molecule has 0 aromatic heterocycles. The van der Waals surface area contributed by atoms with E-state index in [9.17, 15) is 76.3 Å². The van der Waals surface area contributed by atoms with Crippen LogP contribution in [0.1, 0.15) is 92.4 Å². The summed E-state index contributed by atoms with van der Waals surface area (Å²) < 4.78 is 72.9. The van der Waals surface area contributed by atoms with E-state index in [0.29, 0.717) is 43.5 Å². The Morgan fingerprint density at radius 1 is 0.530 bits per heavy atom. The van der Waals surface area contributed by atoms with Crippen LogP contribution < -0.4 is 0 Å². The van der Waals surface area contributed by atoms with Crippen LogP contribution in [0.2, 0.25) is 0 Å². The van der Waals surface area contributed by atoms with Crippen molar-refractivity contribution >= 4 is 5.78 Å². The Hall–Kier alpha value is -1.37. The van der Waals surface area contributed by atoms with Gasteiger partial charge in [0.1, 0.15) is 116 Å². The van der Waals surface area contributed by atoms with Gasteiger partial charge in [-0.1, -0.05) is 27.7 Å². The second kappa shape index (κ2) is 24.4. The lowest BCUT2D eigenvalue weighted by molar-refractivity contribution is -0.405. The molecule has 0 amide bonds. The lowest BCUT2D eigenvalue weighted by Gasteiger charge is -2.60. The van der Waals surface area contributed by atoms with E-state index in [2.05, 4.69) is 27.7 Å². The second-order valence-corrected chi connectivity index (χ2v) is 26.5.